The molecule has 0 fully saturated rings. The minimum atomic E-state index is 0.644. The van der Waals surface area contributed by atoms with Gasteiger partial charge in [0.15, 0.2) is 17.5 Å². The molecule has 0 aliphatic rings. The Labute approximate surface area is 330 Å². The van der Waals surface area contributed by atoms with Gasteiger partial charge in [-0.25, -0.2) is 15.0 Å². The van der Waals surface area contributed by atoms with Crippen molar-refractivity contribution in [2.24, 2.45) is 0 Å². The minimum Gasteiger partial charge on any atom is -0.456 e. The van der Waals surface area contributed by atoms with E-state index in [1.807, 2.05) is 84.9 Å². The minimum absolute atomic E-state index is 0.644. The van der Waals surface area contributed by atoms with E-state index in [0.717, 1.165) is 93.6 Å². The normalized spacial score (nSPS) is 11.9. The Morgan fingerprint density at radius 2 is 0.860 bits per heavy atom. The predicted molar refractivity (Wildman–Crippen MR) is 234 cm³/mol. The fourth-order valence-electron chi connectivity index (χ4n) is 8.44. The molecule has 4 aromatic heterocycles. The highest BCUT2D eigenvalue weighted by Gasteiger charge is 2.23. The van der Waals surface area contributed by atoms with E-state index in [-0.39, 0.29) is 0 Å². The summed E-state index contributed by atoms with van der Waals surface area (Å²) >= 11 is 1.80. The van der Waals surface area contributed by atoms with Crippen LogP contribution in [0.4, 0.5) is 0 Å². The van der Waals surface area contributed by atoms with Gasteiger partial charge in [-0.2, -0.15) is 0 Å². The molecule has 266 valence electrons. The van der Waals surface area contributed by atoms with Crippen molar-refractivity contribution in [3.63, 3.8) is 0 Å². The van der Waals surface area contributed by atoms with E-state index in [9.17, 15) is 0 Å². The van der Waals surface area contributed by atoms with Gasteiger partial charge in [-0.05, 0) is 41.5 Å². The number of benzene rings is 8. The van der Waals surface area contributed by atoms with Crippen LogP contribution in [-0.2, 0) is 0 Å². The number of rotatable bonds is 5. The van der Waals surface area contributed by atoms with Gasteiger partial charge in [-0.3, -0.25) is 0 Å². The molecule has 0 atom stereocenters. The molecule has 8 aromatic carbocycles. The Morgan fingerprint density at radius 1 is 0.333 bits per heavy atom. The Hall–Kier alpha value is -7.41. The van der Waals surface area contributed by atoms with Gasteiger partial charge in [0.05, 0.1) is 0 Å². The molecule has 0 radical (unpaired) electrons. The number of thiophene rings is 1. The molecule has 6 heteroatoms. The number of hydrogen-bond donors (Lipinski definition) is 0. The second kappa shape index (κ2) is 12.6. The van der Waals surface area contributed by atoms with Crippen molar-refractivity contribution < 1.29 is 8.83 Å². The largest absolute Gasteiger partial charge is 0.456 e. The van der Waals surface area contributed by atoms with E-state index in [2.05, 4.69) is 91.0 Å². The predicted octanol–water partition coefficient (Wildman–Crippen LogP) is 14.4. The summed E-state index contributed by atoms with van der Waals surface area (Å²) in [6.45, 7) is 0. The summed E-state index contributed by atoms with van der Waals surface area (Å²) in [5, 5.41) is 6.64. The average molecular weight is 748 g/mol. The maximum absolute atomic E-state index is 6.83. The van der Waals surface area contributed by atoms with E-state index in [4.69, 9.17) is 23.8 Å². The molecular weight excluding hydrogens is 719 g/mol. The first-order valence-corrected chi connectivity index (χ1v) is 19.8. The molecule has 12 aromatic rings. The van der Waals surface area contributed by atoms with Crippen LogP contribution in [0, 0.1) is 0 Å². The van der Waals surface area contributed by atoms with Gasteiger partial charge >= 0.3 is 0 Å². The van der Waals surface area contributed by atoms with E-state index >= 15 is 0 Å². The summed E-state index contributed by atoms with van der Waals surface area (Å²) < 4.78 is 15.5. The number of para-hydroxylation sites is 2. The fraction of sp³-hybridized carbons (Fsp3) is 0. The van der Waals surface area contributed by atoms with Crippen molar-refractivity contribution in [2.45, 2.75) is 0 Å². The molecule has 12 rings (SSSR count). The number of fused-ring (bicyclic) bond motifs is 9. The third-order valence-electron chi connectivity index (χ3n) is 11.0. The quantitative estimate of drug-likeness (QED) is 0.175. The number of nitrogens with zero attached hydrogens (tertiary/aromatic N) is 3. The molecule has 0 aliphatic carbocycles. The second-order valence-electron chi connectivity index (χ2n) is 14.2. The molecule has 0 bridgehead atoms. The molecule has 5 nitrogen and oxygen atoms in total. The summed E-state index contributed by atoms with van der Waals surface area (Å²) in [6, 6.07) is 60.7. The highest BCUT2D eigenvalue weighted by atomic mass is 32.1. The van der Waals surface area contributed by atoms with Crippen LogP contribution in [0.1, 0.15) is 0 Å². The lowest BCUT2D eigenvalue weighted by molar-refractivity contribution is 0.668. The van der Waals surface area contributed by atoms with Crippen LogP contribution >= 0.6 is 11.3 Å². The summed E-state index contributed by atoms with van der Waals surface area (Å²) in [7, 11) is 0. The summed E-state index contributed by atoms with van der Waals surface area (Å²) in [6.07, 6.45) is 0. The van der Waals surface area contributed by atoms with Crippen molar-refractivity contribution in [1.82, 2.24) is 15.0 Å². The summed E-state index contributed by atoms with van der Waals surface area (Å²) in [5.74, 6) is 1.93. The van der Waals surface area contributed by atoms with Gasteiger partial charge in [0, 0.05) is 69.5 Å². The van der Waals surface area contributed by atoms with Crippen LogP contribution < -0.4 is 0 Å². The smallest absolute Gasteiger partial charge is 0.164 e. The first-order valence-electron chi connectivity index (χ1n) is 18.9. The zero-order valence-electron chi connectivity index (χ0n) is 30.3. The lowest BCUT2D eigenvalue weighted by atomic mass is 9.92. The number of furan rings is 2. The van der Waals surface area contributed by atoms with Crippen molar-refractivity contribution in [3.05, 3.63) is 176 Å². The van der Waals surface area contributed by atoms with Crippen LogP contribution in [-0.4, -0.2) is 15.0 Å². The van der Waals surface area contributed by atoms with Crippen molar-refractivity contribution >= 4 is 75.4 Å². The number of hydrogen-bond acceptors (Lipinski definition) is 6. The molecule has 4 heterocycles. The van der Waals surface area contributed by atoms with Gasteiger partial charge in [0.25, 0.3) is 0 Å². The van der Waals surface area contributed by atoms with Crippen molar-refractivity contribution in [2.75, 3.05) is 0 Å². The van der Waals surface area contributed by atoms with Gasteiger partial charge in [0.1, 0.15) is 22.3 Å². The molecule has 0 amide bonds. The van der Waals surface area contributed by atoms with E-state index in [1.165, 1.54) is 9.40 Å². The highest BCUT2D eigenvalue weighted by molar-refractivity contribution is 7.26. The standard InChI is InChI=1S/C51H29N3O2S/c1-3-14-30(15-4-1)49-52-50(31-16-5-2-6-17-31)54-51(53-49)39-23-13-27-43-45(39)38-22-11-21-35(48(38)57-43)33-28-29-34(47-46(33)37-19-8-10-25-41(37)56-47)32-20-12-26-42-44(32)36-18-7-9-24-40(36)55-42/h1-29H. The molecule has 0 saturated heterocycles. The van der Waals surface area contributed by atoms with Crippen LogP contribution in [0.2, 0.25) is 0 Å². The molecule has 0 N–H and O–H groups in total. The van der Waals surface area contributed by atoms with Gasteiger partial charge in [-0.15, -0.1) is 11.3 Å². The SMILES string of the molecule is c1ccc(-c2nc(-c3ccccc3)nc(-c3cccc4sc5c(-c6ccc(-c7cccc8oc9ccccc9c78)c7oc8ccccc8c67)cccc5c34)n2)cc1. The van der Waals surface area contributed by atoms with Crippen LogP contribution in [0.5, 0.6) is 0 Å². The van der Waals surface area contributed by atoms with Crippen molar-refractivity contribution in [3.8, 4) is 56.4 Å². The summed E-state index contributed by atoms with van der Waals surface area (Å²) in [4.78, 5) is 15.2. The Bertz CT molecular complexity index is 3470. The first-order chi connectivity index (χ1) is 28.3. The molecule has 0 spiro atoms. The Morgan fingerprint density at radius 3 is 1.61 bits per heavy atom. The third-order valence-corrected chi connectivity index (χ3v) is 12.2. The molecule has 0 aliphatic heterocycles. The maximum atomic E-state index is 6.83. The van der Waals surface area contributed by atoms with Gasteiger partial charge in [-0.1, -0.05) is 146 Å². The average Bonchev–Trinajstić information content (AvgIpc) is 3.98. The van der Waals surface area contributed by atoms with E-state index < -0.39 is 0 Å². The number of aromatic nitrogens is 3. The molecule has 0 unspecified atom stereocenters. The first kappa shape index (κ1) is 31.9. The lowest BCUT2D eigenvalue weighted by Crippen LogP contribution is -2.00. The monoisotopic (exact) mass is 747 g/mol. The van der Waals surface area contributed by atoms with Crippen molar-refractivity contribution in [1.29, 1.82) is 0 Å². The molecule has 0 saturated carbocycles. The molecular formula is C51H29N3O2S. The lowest BCUT2D eigenvalue weighted by Gasteiger charge is -2.11. The van der Waals surface area contributed by atoms with E-state index in [1.54, 1.807) is 11.3 Å². The Balaban J connectivity index is 1.10. The zero-order valence-corrected chi connectivity index (χ0v) is 31.1. The summed E-state index contributed by atoms with van der Waals surface area (Å²) in [5.41, 5.74) is 10.7. The highest BCUT2D eigenvalue weighted by Crippen LogP contribution is 2.49. The molecule has 57 heavy (non-hydrogen) atoms. The topological polar surface area (TPSA) is 65.0 Å². The van der Waals surface area contributed by atoms with Gasteiger partial charge < -0.3 is 8.83 Å². The van der Waals surface area contributed by atoms with Crippen LogP contribution in [0.3, 0.4) is 0 Å². The zero-order chi connectivity index (χ0) is 37.5. The maximum Gasteiger partial charge on any atom is 0.164 e. The third kappa shape index (κ3) is 4.98. The fourth-order valence-corrected chi connectivity index (χ4v) is 9.70. The Kier molecular flexibility index (Phi) is 7.03. The van der Waals surface area contributed by atoms with E-state index in [0.29, 0.717) is 17.5 Å². The van der Waals surface area contributed by atoms with Crippen LogP contribution in [0.15, 0.2) is 185 Å². The van der Waals surface area contributed by atoms with Gasteiger partial charge in [0.2, 0.25) is 0 Å². The van der Waals surface area contributed by atoms with Crippen LogP contribution in [0.25, 0.3) is 120 Å². The second-order valence-corrected chi connectivity index (χ2v) is 15.3.